The highest BCUT2D eigenvalue weighted by Gasteiger charge is 2.08. The Hall–Kier alpha value is -0.190. The largest absolute Gasteiger partial charge is 0.324 e. The van der Waals surface area contributed by atoms with Gasteiger partial charge in [0.05, 0.1) is 6.67 Å². The summed E-state index contributed by atoms with van der Waals surface area (Å²) >= 11 is 3.25. The van der Waals surface area contributed by atoms with Gasteiger partial charge < -0.3 is 5.73 Å². The van der Waals surface area contributed by atoms with E-state index in [1.54, 1.807) is 12.3 Å². The molecule has 0 amide bonds. The Morgan fingerprint density at radius 2 is 2.31 bits per heavy atom. The molecule has 74 valence electrons. The van der Waals surface area contributed by atoms with Crippen LogP contribution in [-0.4, -0.2) is 11.7 Å². The lowest BCUT2D eigenvalue weighted by Gasteiger charge is -2.10. The summed E-state index contributed by atoms with van der Waals surface area (Å²) in [6.45, 7) is -0.400. The molecule has 0 unspecified atom stereocenters. The molecule has 2 N–H and O–H groups in total. The van der Waals surface area contributed by atoms with Crippen molar-refractivity contribution in [3.63, 3.8) is 0 Å². The van der Waals surface area contributed by atoms with Gasteiger partial charge in [0.15, 0.2) is 0 Å². The lowest BCUT2D eigenvalue weighted by atomic mass is 10.1. The number of pyridine rings is 1. The third kappa shape index (κ3) is 3.58. The molecule has 0 saturated heterocycles. The monoisotopic (exact) mass is 268 g/mol. The second-order valence-corrected chi connectivity index (χ2v) is 3.22. The Bertz CT molecular complexity index is 260. The Kier molecular flexibility index (Phi) is 6.20. The van der Waals surface area contributed by atoms with Crippen molar-refractivity contribution in [3.05, 3.63) is 28.5 Å². The molecular weight excluding hydrogens is 258 g/mol. The molecule has 1 aromatic heterocycles. The predicted molar refractivity (Wildman–Crippen MR) is 56.7 cm³/mol. The van der Waals surface area contributed by atoms with Crippen LogP contribution in [0.15, 0.2) is 22.9 Å². The van der Waals surface area contributed by atoms with Crippen LogP contribution in [0.5, 0.6) is 0 Å². The maximum Gasteiger partial charge on any atom is 0.110 e. The SMILES string of the molecule is Cl.N[C@@H](CCF)c1cccnc1Br. The number of alkyl halides is 1. The zero-order chi connectivity index (χ0) is 8.97. The van der Waals surface area contributed by atoms with Crippen LogP contribution in [0.3, 0.4) is 0 Å². The van der Waals surface area contributed by atoms with Gasteiger partial charge >= 0.3 is 0 Å². The van der Waals surface area contributed by atoms with Crippen LogP contribution in [0.1, 0.15) is 18.0 Å². The predicted octanol–water partition coefficient (Wildman–Crippen LogP) is 2.63. The van der Waals surface area contributed by atoms with E-state index in [1.807, 2.05) is 6.07 Å². The highest BCUT2D eigenvalue weighted by atomic mass is 79.9. The van der Waals surface area contributed by atoms with Crippen molar-refractivity contribution < 1.29 is 4.39 Å². The number of nitrogens with zero attached hydrogens (tertiary/aromatic N) is 1. The highest BCUT2D eigenvalue weighted by molar-refractivity contribution is 9.10. The average molecular weight is 270 g/mol. The van der Waals surface area contributed by atoms with Crippen molar-refractivity contribution in [2.24, 2.45) is 5.73 Å². The first kappa shape index (κ1) is 12.8. The van der Waals surface area contributed by atoms with E-state index in [9.17, 15) is 4.39 Å². The van der Waals surface area contributed by atoms with Crippen molar-refractivity contribution in [2.75, 3.05) is 6.67 Å². The number of nitrogens with two attached hydrogens (primary N) is 1. The van der Waals surface area contributed by atoms with E-state index in [0.717, 1.165) is 5.56 Å². The minimum absolute atomic E-state index is 0. The van der Waals surface area contributed by atoms with Gasteiger partial charge in [-0.05, 0) is 28.4 Å². The zero-order valence-corrected chi connectivity index (χ0v) is 9.31. The van der Waals surface area contributed by atoms with E-state index in [2.05, 4.69) is 20.9 Å². The van der Waals surface area contributed by atoms with Gasteiger partial charge in [-0.3, -0.25) is 4.39 Å². The third-order valence-corrected chi connectivity index (χ3v) is 2.27. The molecular formula is C8H11BrClFN2. The summed E-state index contributed by atoms with van der Waals surface area (Å²) in [5.41, 5.74) is 6.55. The molecule has 0 spiro atoms. The Morgan fingerprint density at radius 3 is 2.85 bits per heavy atom. The second kappa shape index (κ2) is 6.29. The van der Waals surface area contributed by atoms with E-state index in [4.69, 9.17) is 5.73 Å². The van der Waals surface area contributed by atoms with Gasteiger partial charge in [0.25, 0.3) is 0 Å². The molecule has 0 radical (unpaired) electrons. The summed E-state index contributed by atoms with van der Waals surface area (Å²) in [6.07, 6.45) is 2.00. The quantitative estimate of drug-likeness (QED) is 0.857. The highest BCUT2D eigenvalue weighted by Crippen LogP contribution is 2.21. The number of halogens is 3. The molecule has 0 fully saturated rings. The van der Waals surface area contributed by atoms with Crippen LogP contribution in [-0.2, 0) is 0 Å². The summed E-state index contributed by atoms with van der Waals surface area (Å²) in [6, 6.07) is 3.37. The summed E-state index contributed by atoms with van der Waals surface area (Å²) in [4.78, 5) is 4.00. The van der Waals surface area contributed by atoms with E-state index in [-0.39, 0.29) is 18.4 Å². The summed E-state index contributed by atoms with van der Waals surface area (Å²) < 4.78 is 12.6. The molecule has 0 saturated carbocycles. The van der Waals surface area contributed by atoms with Crippen LogP contribution in [0.4, 0.5) is 4.39 Å². The fourth-order valence-corrected chi connectivity index (χ4v) is 1.49. The Morgan fingerprint density at radius 1 is 1.62 bits per heavy atom. The second-order valence-electron chi connectivity index (χ2n) is 2.47. The maximum absolute atomic E-state index is 11.9. The molecule has 0 bridgehead atoms. The van der Waals surface area contributed by atoms with Crippen LogP contribution >= 0.6 is 28.3 Å². The van der Waals surface area contributed by atoms with Crippen LogP contribution in [0.2, 0.25) is 0 Å². The Balaban J connectivity index is 0.00000144. The van der Waals surface area contributed by atoms with Gasteiger partial charge in [-0.25, -0.2) is 4.98 Å². The minimum Gasteiger partial charge on any atom is -0.324 e. The van der Waals surface area contributed by atoms with Crippen molar-refractivity contribution in [1.29, 1.82) is 0 Å². The standard InChI is InChI=1S/C8H10BrFN2.ClH/c9-8-6(2-1-5-12-8)7(11)3-4-10;/h1-2,5,7H,3-4,11H2;1H/t7-;/m0./s1. The molecule has 2 nitrogen and oxygen atoms in total. The van der Waals surface area contributed by atoms with E-state index >= 15 is 0 Å². The van der Waals surface area contributed by atoms with Gasteiger partial charge in [-0.15, -0.1) is 12.4 Å². The van der Waals surface area contributed by atoms with Gasteiger partial charge in [-0.2, -0.15) is 0 Å². The molecule has 0 aliphatic rings. The molecule has 0 aliphatic heterocycles. The molecule has 1 rings (SSSR count). The van der Waals surface area contributed by atoms with Gasteiger partial charge in [0.1, 0.15) is 4.60 Å². The normalized spacial score (nSPS) is 11.9. The first-order valence-electron chi connectivity index (χ1n) is 3.67. The summed E-state index contributed by atoms with van der Waals surface area (Å²) in [5.74, 6) is 0. The first-order chi connectivity index (χ1) is 5.75. The molecule has 1 heterocycles. The summed E-state index contributed by atoms with van der Waals surface area (Å²) in [5, 5.41) is 0. The summed E-state index contributed by atoms with van der Waals surface area (Å²) in [7, 11) is 0. The Labute approximate surface area is 91.3 Å². The topological polar surface area (TPSA) is 38.9 Å². The first-order valence-corrected chi connectivity index (χ1v) is 4.47. The van der Waals surface area contributed by atoms with Crippen molar-refractivity contribution in [3.8, 4) is 0 Å². The molecule has 13 heavy (non-hydrogen) atoms. The van der Waals surface area contributed by atoms with Crippen molar-refractivity contribution in [2.45, 2.75) is 12.5 Å². The molecule has 1 aromatic rings. The number of rotatable bonds is 3. The van der Waals surface area contributed by atoms with E-state index in [0.29, 0.717) is 11.0 Å². The average Bonchev–Trinajstić information content (AvgIpc) is 2.05. The van der Waals surface area contributed by atoms with Crippen LogP contribution in [0.25, 0.3) is 0 Å². The number of hydrogen-bond donors (Lipinski definition) is 1. The van der Waals surface area contributed by atoms with Crippen molar-refractivity contribution in [1.82, 2.24) is 4.98 Å². The van der Waals surface area contributed by atoms with Gasteiger partial charge in [0.2, 0.25) is 0 Å². The molecule has 0 aliphatic carbocycles. The molecule has 5 heteroatoms. The number of hydrogen-bond acceptors (Lipinski definition) is 2. The lowest BCUT2D eigenvalue weighted by molar-refractivity contribution is 0.441. The third-order valence-electron chi connectivity index (χ3n) is 1.61. The van der Waals surface area contributed by atoms with E-state index in [1.165, 1.54) is 0 Å². The fourth-order valence-electron chi connectivity index (χ4n) is 0.948. The molecule has 0 aromatic carbocycles. The van der Waals surface area contributed by atoms with Crippen LogP contribution < -0.4 is 5.73 Å². The van der Waals surface area contributed by atoms with Gasteiger partial charge in [0, 0.05) is 17.8 Å². The molecule has 1 atom stereocenters. The number of aromatic nitrogens is 1. The zero-order valence-electron chi connectivity index (χ0n) is 6.91. The minimum atomic E-state index is -0.400. The smallest absolute Gasteiger partial charge is 0.110 e. The van der Waals surface area contributed by atoms with Crippen LogP contribution in [0, 0.1) is 0 Å². The lowest BCUT2D eigenvalue weighted by Crippen LogP contribution is -2.11. The van der Waals surface area contributed by atoms with Gasteiger partial charge in [-0.1, -0.05) is 6.07 Å². The fraction of sp³-hybridized carbons (Fsp3) is 0.375. The van der Waals surface area contributed by atoms with E-state index < -0.39 is 6.67 Å². The maximum atomic E-state index is 11.9. The van der Waals surface area contributed by atoms with Crippen molar-refractivity contribution >= 4 is 28.3 Å².